The molecule has 0 radical (unpaired) electrons. The van der Waals surface area contributed by atoms with E-state index in [-0.39, 0.29) is 12.5 Å². The molecule has 138 valence electrons. The van der Waals surface area contributed by atoms with Crippen LogP contribution >= 0.6 is 0 Å². The largest absolute Gasteiger partial charge is 0.391 e. The fraction of sp³-hybridized carbons (Fsp3) is 0.733. The van der Waals surface area contributed by atoms with E-state index in [4.69, 9.17) is 5.73 Å². The van der Waals surface area contributed by atoms with E-state index in [9.17, 15) is 24.3 Å². The maximum absolute atomic E-state index is 12.2. The molecule has 0 rings (SSSR count). The highest BCUT2D eigenvalue weighted by atomic mass is 16.3. The second kappa shape index (κ2) is 10.7. The van der Waals surface area contributed by atoms with Crippen molar-refractivity contribution in [3.63, 3.8) is 0 Å². The van der Waals surface area contributed by atoms with Crippen molar-refractivity contribution in [2.45, 2.75) is 58.3 Å². The average molecular weight is 344 g/mol. The minimum atomic E-state index is -1.15. The summed E-state index contributed by atoms with van der Waals surface area (Å²) in [4.78, 5) is 46.1. The Labute approximate surface area is 141 Å². The third-order valence-corrected chi connectivity index (χ3v) is 3.18. The van der Waals surface area contributed by atoms with Gasteiger partial charge in [-0.15, -0.1) is 0 Å². The van der Waals surface area contributed by atoms with Gasteiger partial charge in [0.25, 0.3) is 0 Å². The summed E-state index contributed by atoms with van der Waals surface area (Å²) in [5.41, 5.74) is 5.54. The Bertz CT molecular complexity index is 453. The predicted molar refractivity (Wildman–Crippen MR) is 87.7 cm³/mol. The molecule has 0 saturated heterocycles. The summed E-state index contributed by atoms with van der Waals surface area (Å²) in [5.74, 6) is -1.60. The van der Waals surface area contributed by atoms with Crippen LogP contribution in [0, 0.1) is 5.92 Å². The number of carbonyl (C=O) groups is 4. The topological polar surface area (TPSA) is 151 Å². The summed E-state index contributed by atoms with van der Waals surface area (Å²) in [5, 5.41) is 16.6. The van der Waals surface area contributed by atoms with Crippen LogP contribution in [0.5, 0.6) is 0 Å². The number of hydrogen-bond acceptors (Lipinski definition) is 6. The number of hydrogen-bond donors (Lipinski definition) is 5. The average Bonchev–Trinajstić information content (AvgIpc) is 2.50. The van der Waals surface area contributed by atoms with Gasteiger partial charge in [-0.3, -0.25) is 14.4 Å². The van der Waals surface area contributed by atoms with Crippen molar-refractivity contribution in [2.75, 3.05) is 6.54 Å². The standard InChI is InChI=1S/C15H28N4O5/c1-8(2)5-11(19-15(24)13(16)10(4)21)14(23)17-6-12(22)18-9(3)7-20/h7-11,13,21H,5-6,16H2,1-4H3,(H,17,23)(H,18,22)(H,19,24)/t9-,10+,11-,13-/m0/s1. The monoisotopic (exact) mass is 344 g/mol. The number of aliphatic hydroxyl groups excluding tert-OH is 1. The van der Waals surface area contributed by atoms with E-state index < -0.39 is 42.0 Å². The molecule has 0 aliphatic carbocycles. The third kappa shape index (κ3) is 8.59. The molecule has 24 heavy (non-hydrogen) atoms. The van der Waals surface area contributed by atoms with Gasteiger partial charge in [0.2, 0.25) is 17.7 Å². The molecule has 9 heteroatoms. The molecule has 0 heterocycles. The molecular formula is C15H28N4O5. The zero-order chi connectivity index (χ0) is 18.9. The molecule has 0 saturated carbocycles. The number of nitrogens with two attached hydrogens (primary N) is 1. The zero-order valence-electron chi connectivity index (χ0n) is 14.5. The molecule has 0 aromatic carbocycles. The molecule has 0 spiro atoms. The van der Waals surface area contributed by atoms with Crippen molar-refractivity contribution >= 4 is 24.0 Å². The molecule has 0 aromatic heterocycles. The van der Waals surface area contributed by atoms with Crippen LogP contribution in [0.2, 0.25) is 0 Å². The fourth-order valence-electron chi connectivity index (χ4n) is 1.82. The lowest BCUT2D eigenvalue weighted by Gasteiger charge is -2.23. The molecule has 0 aliphatic rings. The van der Waals surface area contributed by atoms with Crippen LogP contribution in [-0.2, 0) is 19.2 Å². The second-order valence-electron chi connectivity index (χ2n) is 6.17. The summed E-state index contributed by atoms with van der Waals surface area (Å²) < 4.78 is 0. The molecule has 4 atom stereocenters. The Morgan fingerprint density at radius 3 is 2.12 bits per heavy atom. The molecule has 0 fully saturated rings. The first-order valence-corrected chi connectivity index (χ1v) is 7.84. The first-order chi connectivity index (χ1) is 11.1. The van der Waals surface area contributed by atoms with E-state index in [0.29, 0.717) is 12.7 Å². The Morgan fingerprint density at radius 2 is 1.67 bits per heavy atom. The number of aliphatic hydroxyl groups is 1. The van der Waals surface area contributed by atoms with Crippen molar-refractivity contribution in [2.24, 2.45) is 11.7 Å². The Kier molecular flexibility index (Phi) is 9.82. The lowest BCUT2D eigenvalue weighted by Crippen LogP contribution is -2.55. The molecular weight excluding hydrogens is 316 g/mol. The highest BCUT2D eigenvalue weighted by Crippen LogP contribution is 2.05. The van der Waals surface area contributed by atoms with Crippen molar-refractivity contribution in [3.05, 3.63) is 0 Å². The van der Waals surface area contributed by atoms with E-state index in [1.165, 1.54) is 13.8 Å². The van der Waals surface area contributed by atoms with Crippen molar-refractivity contribution < 1.29 is 24.3 Å². The Balaban J connectivity index is 4.69. The van der Waals surface area contributed by atoms with E-state index in [1.54, 1.807) is 0 Å². The second-order valence-corrected chi connectivity index (χ2v) is 6.17. The van der Waals surface area contributed by atoms with Crippen LogP contribution in [0.1, 0.15) is 34.1 Å². The molecule has 3 amide bonds. The van der Waals surface area contributed by atoms with Gasteiger partial charge >= 0.3 is 0 Å². The van der Waals surface area contributed by atoms with Crippen LogP contribution in [-0.4, -0.2) is 59.9 Å². The minimum absolute atomic E-state index is 0.104. The van der Waals surface area contributed by atoms with Gasteiger partial charge in [0.05, 0.1) is 18.7 Å². The van der Waals surface area contributed by atoms with Gasteiger partial charge in [0, 0.05) is 0 Å². The van der Waals surface area contributed by atoms with Crippen LogP contribution in [0.4, 0.5) is 0 Å². The van der Waals surface area contributed by atoms with E-state index in [2.05, 4.69) is 16.0 Å². The minimum Gasteiger partial charge on any atom is -0.391 e. The predicted octanol–water partition coefficient (Wildman–Crippen LogP) is -1.95. The van der Waals surface area contributed by atoms with Gasteiger partial charge < -0.3 is 31.6 Å². The maximum atomic E-state index is 12.2. The first-order valence-electron chi connectivity index (χ1n) is 7.84. The SMILES string of the molecule is CC(C)C[C@H](NC(=O)[C@@H](N)[C@@H](C)O)C(=O)NCC(=O)N[C@@H](C)C=O. The van der Waals surface area contributed by atoms with Crippen molar-refractivity contribution in [1.29, 1.82) is 0 Å². The lowest BCUT2D eigenvalue weighted by atomic mass is 10.0. The normalized spacial score (nSPS) is 15.8. The maximum Gasteiger partial charge on any atom is 0.243 e. The van der Waals surface area contributed by atoms with Crippen molar-refractivity contribution in [1.82, 2.24) is 16.0 Å². The van der Waals surface area contributed by atoms with Gasteiger partial charge in [-0.2, -0.15) is 0 Å². The summed E-state index contributed by atoms with van der Waals surface area (Å²) in [6.07, 6.45) is -0.140. The first kappa shape index (κ1) is 22.0. The molecule has 6 N–H and O–H groups in total. The smallest absolute Gasteiger partial charge is 0.243 e. The summed E-state index contributed by atoms with van der Waals surface area (Å²) in [6, 6.07) is -2.67. The van der Waals surface area contributed by atoms with E-state index in [0.717, 1.165) is 0 Å². The zero-order valence-corrected chi connectivity index (χ0v) is 14.5. The van der Waals surface area contributed by atoms with Gasteiger partial charge in [0.15, 0.2) is 0 Å². The van der Waals surface area contributed by atoms with E-state index >= 15 is 0 Å². The van der Waals surface area contributed by atoms with Gasteiger partial charge in [-0.1, -0.05) is 13.8 Å². The van der Waals surface area contributed by atoms with Crippen LogP contribution < -0.4 is 21.7 Å². The summed E-state index contributed by atoms with van der Waals surface area (Å²) in [6.45, 7) is 6.31. The molecule has 0 aliphatic heterocycles. The van der Waals surface area contributed by atoms with Crippen LogP contribution in [0.15, 0.2) is 0 Å². The van der Waals surface area contributed by atoms with Gasteiger partial charge in [-0.25, -0.2) is 0 Å². The van der Waals surface area contributed by atoms with Crippen LogP contribution in [0.25, 0.3) is 0 Å². The van der Waals surface area contributed by atoms with Crippen LogP contribution in [0.3, 0.4) is 0 Å². The Morgan fingerprint density at radius 1 is 1.08 bits per heavy atom. The molecule has 0 unspecified atom stereocenters. The van der Waals surface area contributed by atoms with Gasteiger partial charge in [0.1, 0.15) is 18.4 Å². The van der Waals surface area contributed by atoms with Crippen molar-refractivity contribution in [3.8, 4) is 0 Å². The highest BCUT2D eigenvalue weighted by Gasteiger charge is 2.26. The third-order valence-electron chi connectivity index (χ3n) is 3.18. The molecule has 9 nitrogen and oxygen atoms in total. The Hall–Kier alpha value is -2.00. The number of aldehydes is 1. The molecule has 0 aromatic rings. The fourth-order valence-corrected chi connectivity index (χ4v) is 1.82. The lowest BCUT2D eigenvalue weighted by molar-refractivity contribution is -0.132. The number of carbonyl (C=O) groups excluding carboxylic acids is 4. The summed E-state index contributed by atoms with van der Waals surface area (Å²) >= 11 is 0. The number of nitrogens with one attached hydrogen (secondary N) is 3. The quantitative estimate of drug-likeness (QED) is 0.290. The molecule has 0 bridgehead atoms. The highest BCUT2D eigenvalue weighted by molar-refractivity contribution is 5.92. The summed E-state index contributed by atoms with van der Waals surface area (Å²) in [7, 11) is 0. The number of rotatable bonds is 10. The van der Waals surface area contributed by atoms with E-state index in [1.807, 2.05) is 13.8 Å². The van der Waals surface area contributed by atoms with Gasteiger partial charge in [-0.05, 0) is 26.2 Å². The number of amides is 3.